The van der Waals surface area contributed by atoms with Crippen molar-refractivity contribution in [3.8, 4) is 5.69 Å². The van der Waals surface area contributed by atoms with Crippen LogP contribution < -0.4 is 5.43 Å². The number of para-hydroxylation sites is 1. The Morgan fingerprint density at radius 3 is 2.83 bits per heavy atom. The molecule has 0 saturated carbocycles. The third-order valence-corrected chi connectivity index (χ3v) is 4.08. The SMILES string of the molecule is C(=NNc1ncnc2c1cnn2-c1ccccc1)c1cccs1. The summed E-state index contributed by atoms with van der Waals surface area (Å²) in [6, 6.07) is 13.9. The summed E-state index contributed by atoms with van der Waals surface area (Å²) in [4.78, 5) is 9.65. The molecular weight excluding hydrogens is 308 g/mol. The molecule has 0 saturated heterocycles. The Morgan fingerprint density at radius 1 is 1.09 bits per heavy atom. The largest absolute Gasteiger partial charge is 0.261 e. The maximum Gasteiger partial charge on any atom is 0.168 e. The molecule has 0 bridgehead atoms. The van der Waals surface area contributed by atoms with E-state index in [2.05, 4.69) is 25.6 Å². The first kappa shape index (κ1) is 13.6. The molecule has 1 N–H and O–H groups in total. The molecule has 7 heteroatoms. The molecule has 0 aliphatic rings. The van der Waals surface area contributed by atoms with Crippen molar-refractivity contribution in [1.82, 2.24) is 19.7 Å². The maximum atomic E-state index is 4.41. The zero-order valence-corrected chi connectivity index (χ0v) is 12.8. The van der Waals surface area contributed by atoms with E-state index in [1.54, 1.807) is 28.4 Å². The third kappa shape index (κ3) is 2.69. The minimum Gasteiger partial charge on any atom is -0.261 e. The lowest BCUT2D eigenvalue weighted by Crippen LogP contribution is -1.99. The lowest BCUT2D eigenvalue weighted by Gasteiger charge is -2.03. The highest BCUT2D eigenvalue weighted by Crippen LogP contribution is 2.21. The normalized spacial score (nSPS) is 11.3. The predicted molar refractivity (Wildman–Crippen MR) is 92.2 cm³/mol. The summed E-state index contributed by atoms with van der Waals surface area (Å²) in [5.41, 5.74) is 4.65. The third-order valence-electron chi connectivity index (χ3n) is 3.27. The second-order valence-corrected chi connectivity index (χ2v) is 5.72. The van der Waals surface area contributed by atoms with E-state index in [4.69, 9.17) is 0 Å². The summed E-state index contributed by atoms with van der Waals surface area (Å²) >= 11 is 1.62. The molecule has 4 aromatic rings. The van der Waals surface area contributed by atoms with Gasteiger partial charge < -0.3 is 0 Å². The van der Waals surface area contributed by atoms with Gasteiger partial charge in [-0.3, -0.25) is 5.43 Å². The Morgan fingerprint density at radius 2 is 2.00 bits per heavy atom. The molecule has 0 fully saturated rings. The van der Waals surface area contributed by atoms with Crippen LogP contribution in [0.2, 0.25) is 0 Å². The maximum absolute atomic E-state index is 4.41. The van der Waals surface area contributed by atoms with Crippen molar-refractivity contribution in [2.75, 3.05) is 5.43 Å². The number of rotatable bonds is 4. The van der Waals surface area contributed by atoms with Gasteiger partial charge in [-0.25, -0.2) is 14.6 Å². The first-order valence-electron chi connectivity index (χ1n) is 6.98. The van der Waals surface area contributed by atoms with E-state index in [1.807, 2.05) is 47.8 Å². The van der Waals surface area contributed by atoms with Gasteiger partial charge in [-0.05, 0) is 23.6 Å². The number of fused-ring (bicyclic) bond motifs is 1. The summed E-state index contributed by atoms with van der Waals surface area (Å²) < 4.78 is 1.78. The molecule has 3 heterocycles. The van der Waals surface area contributed by atoms with Crippen molar-refractivity contribution < 1.29 is 0 Å². The Balaban J connectivity index is 1.68. The molecule has 0 atom stereocenters. The average Bonchev–Trinajstić information content (AvgIpc) is 3.25. The molecule has 0 amide bonds. The van der Waals surface area contributed by atoms with Gasteiger partial charge in [0.05, 0.1) is 23.5 Å². The molecule has 4 rings (SSSR count). The number of hydrazone groups is 1. The fourth-order valence-electron chi connectivity index (χ4n) is 2.21. The van der Waals surface area contributed by atoms with Gasteiger partial charge in [0.1, 0.15) is 6.33 Å². The van der Waals surface area contributed by atoms with Crippen LogP contribution in [-0.2, 0) is 0 Å². The first-order valence-corrected chi connectivity index (χ1v) is 7.86. The van der Waals surface area contributed by atoms with Crippen LogP contribution in [0.3, 0.4) is 0 Å². The van der Waals surface area contributed by atoms with E-state index < -0.39 is 0 Å². The number of benzene rings is 1. The molecule has 23 heavy (non-hydrogen) atoms. The lowest BCUT2D eigenvalue weighted by atomic mass is 10.3. The number of nitrogens with one attached hydrogen (secondary N) is 1. The Labute approximate surface area is 136 Å². The number of thiophene rings is 1. The summed E-state index contributed by atoms with van der Waals surface area (Å²) in [7, 11) is 0. The molecule has 0 spiro atoms. The summed E-state index contributed by atoms with van der Waals surface area (Å²) in [5.74, 6) is 0.630. The highest BCUT2D eigenvalue weighted by molar-refractivity contribution is 7.11. The van der Waals surface area contributed by atoms with Gasteiger partial charge in [0.2, 0.25) is 0 Å². The van der Waals surface area contributed by atoms with E-state index >= 15 is 0 Å². The number of anilines is 1. The van der Waals surface area contributed by atoms with Crippen LogP contribution in [0.15, 0.2) is 65.5 Å². The monoisotopic (exact) mass is 320 g/mol. The predicted octanol–water partition coefficient (Wildman–Crippen LogP) is 3.32. The topological polar surface area (TPSA) is 68.0 Å². The minimum absolute atomic E-state index is 0.630. The molecule has 0 aliphatic carbocycles. The summed E-state index contributed by atoms with van der Waals surface area (Å²) in [5, 5.41) is 11.5. The second-order valence-electron chi connectivity index (χ2n) is 4.74. The Kier molecular flexibility index (Phi) is 3.53. The molecule has 0 aliphatic heterocycles. The van der Waals surface area contributed by atoms with E-state index in [0.29, 0.717) is 5.82 Å². The van der Waals surface area contributed by atoms with Gasteiger partial charge in [0.15, 0.2) is 11.5 Å². The van der Waals surface area contributed by atoms with Gasteiger partial charge in [-0.15, -0.1) is 11.3 Å². The summed E-state index contributed by atoms with van der Waals surface area (Å²) in [6.45, 7) is 0. The fourth-order valence-corrected chi connectivity index (χ4v) is 2.80. The molecule has 112 valence electrons. The van der Waals surface area contributed by atoms with Crippen LogP contribution >= 0.6 is 11.3 Å². The average molecular weight is 320 g/mol. The van der Waals surface area contributed by atoms with Crippen molar-refractivity contribution in [3.63, 3.8) is 0 Å². The standard InChI is InChI=1S/C16H12N6S/c1-2-5-12(6-3-1)22-16-14(10-20-22)15(17-11-18-16)21-19-9-13-7-4-8-23-13/h1-11H,(H,17,18,21). The van der Waals surface area contributed by atoms with Crippen molar-refractivity contribution >= 4 is 34.4 Å². The van der Waals surface area contributed by atoms with E-state index in [0.717, 1.165) is 21.6 Å². The van der Waals surface area contributed by atoms with Crippen LogP contribution in [0.4, 0.5) is 5.82 Å². The van der Waals surface area contributed by atoms with Crippen molar-refractivity contribution in [3.05, 3.63) is 65.2 Å². The van der Waals surface area contributed by atoms with E-state index in [9.17, 15) is 0 Å². The Hall–Kier alpha value is -3.06. The number of nitrogens with zero attached hydrogens (tertiary/aromatic N) is 5. The number of hydrogen-bond acceptors (Lipinski definition) is 6. The van der Waals surface area contributed by atoms with Crippen LogP contribution in [0.1, 0.15) is 4.88 Å². The van der Waals surface area contributed by atoms with Crippen molar-refractivity contribution in [2.45, 2.75) is 0 Å². The van der Waals surface area contributed by atoms with Crippen LogP contribution in [0, 0.1) is 0 Å². The molecule has 1 aromatic carbocycles. The van der Waals surface area contributed by atoms with Crippen LogP contribution in [0.25, 0.3) is 16.7 Å². The zero-order chi connectivity index (χ0) is 15.5. The highest BCUT2D eigenvalue weighted by atomic mass is 32.1. The molecular formula is C16H12N6S. The van der Waals surface area contributed by atoms with Crippen LogP contribution in [0.5, 0.6) is 0 Å². The van der Waals surface area contributed by atoms with Gasteiger partial charge >= 0.3 is 0 Å². The number of aromatic nitrogens is 4. The second kappa shape index (κ2) is 5.98. The Bertz CT molecular complexity index is 943. The van der Waals surface area contributed by atoms with Gasteiger partial charge in [-0.2, -0.15) is 10.2 Å². The van der Waals surface area contributed by atoms with Gasteiger partial charge in [0.25, 0.3) is 0 Å². The fraction of sp³-hybridized carbons (Fsp3) is 0. The highest BCUT2D eigenvalue weighted by Gasteiger charge is 2.10. The molecule has 3 aromatic heterocycles. The zero-order valence-electron chi connectivity index (χ0n) is 12.0. The smallest absolute Gasteiger partial charge is 0.168 e. The molecule has 6 nitrogen and oxygen atoms in total. The van der Waals surface area contributed by atoms with Gasteiger partial charge in [0, 0.05) is 4.88 Å². The van der Waals surface area contributed by atoms with Crippen LogP contribution in [-0.4, -0.2) is 26.0 Å². The first-order chi connectivity index (χ1) is 11.4. The minimum atomic E-state index is 0.630. The molecule has 0 unspecified atom stereocenters. The number of hydrogen-bond donors (Lipinski definition) is 1. The lowest BCUT2D eigenvalue weighted by molar-refractivity contribution is 0.895. The summed E-state index contributed by atoms with van der Waals surface area (Å²) in [6.07, 6.45) is 5.01. The van der Waals surface area contributed by atoms with Crippen molar-refractivity contribution in [2.24, 2.45) is 5.10 Å². The quantitative estimate of drug-likeness (QED) is 0.462. The van der Waals surface area contributed by atoms with Gasteiger partial charge in [-0.1, -0.05) is 24.3 Å². The van der Waals surface area contributed by atoms with E-state index in [1.165, 1.54) is 6.33 Å². The van der Waals surface area contributed by atoms with Crippen molar-refractivity contribution in [1.29, 1.82) is 0 Å². The van der Waals surface area contributed by atoms with E-state index in [-0.39, 0.29) is 0 Å². The molecule has 0 radical (unpaired) electrons.